The minimum atomic E-state index is -0.498. The number of carbonyl (C=O) groups excluding carboxylic acids is 1. The number of carbonyl (C=O) groups is 1. The van der Waals surface area contributed by atoms with E-state index in [1.807, 2.05) is 28.8 Å². The fourth-order valence-electron chi connectivity index (χ4n) is 3.23. The first-order valence-electron chi connectivity index (χ1n) is 7.72. The maximum absolute atomic E-state index is 11.7. The molecule has 0 aliphatic heterocycles. The Morgan fingerprint density at radius 3 is 2.62 bits per heavy atom. The highest BCUT2D eigenvalue weighted by Crippen LogP contribution is 2.27. The lowest BCUT2D eigenvalue weighted by Crippen LogP contribution is -2.10. The molecule has 1 heterocycles. The third-order valence-electron chi connectivity index (χ3n) is 4.35. The zero-order valence-electron chi connectivity index (χ0n) is 12.9. The van der Waals surface area contributed by atoms with Crippen LogP contribution in [0.15, 0.2) is 66.9 Å². The summed E-state index contributed by atoms with van der Waals surface area (Å²) in [6, 6.07) is 19.4. The van der Waals surface area contributed by atoms with Gasteiger partial charge in [-0.1, -0.05) is 42.5 Å². The van der Waals surface area contributed by atoms with Crippen molar-refractivity contribution >= 4 is 27.6 Å². The van der Waals surface area contributed by atoms with Gasteiger partial charge < -0.3 is 15.4 Å². The van der Waals surface area contributed by atoms with Gasteiger partial charge in [0.15, 0.2) is 0 Å². The molecule has 0 unspecified atom stereocenters. The lowest BCUT2D eigenvalue weighted by Gasteiger charge is -2.09. The highest BCUT2D eigenvalue weighted by atomic mass is 16.3. The van der Waals surface area contributed by atoms with Gasteiger partial charge in [-0.25, -0.2) is 0 Å². The Hall–Kier alpha value is -3.27. The molecule has 4 aromatic rings. The van der Waals surface area contributed by atoms with Gasteiger partial charge in [0.25, 0.3) is 5.91 Å². The molecule has 0 bridgehead atoms. The monoisotopic (exact) mass is 316 g/mol. The first-order valence-corrected chi connectivity index (χ1v) is 7.72. The van der Waals surface area contributed by atoms with Gasteiger partial charge in [0.05, 0.1) is 5.56 Å². The van der Waals surface area contributed by atoms with Crippen molar-refractivity contribution in [3.63, 3.8) is 0 Å². The molecule has 3 aromatic carbocycles. The van der Waals surface area contributed by atoms with Crippen molar-refractivity contribution in [1.29, 1.82) is 0 Å². The second-order valence-corrected chi connectivity index (χ2v) is 5.87. The number of primary amides is 1. The van der Waals surface area contributed by atoms with E-state index in [0.29, 0.717) is 17.5 Å². The fourth-order valence-corrected chi connectivity index (χ4v) is 3.23. The van der Waals surface area contributed by atoms with E-state index in [1.165, 1.54) is 10.8 Å². The standard InChI is InChI=1S/C20H16N2O2/c21-20(24)18-12-22(19-9-8-15(23)10-17(18)19)11-14-6-3-5-13-4-1-2-7-16(13)14/h1-10,12,23H,11H2,(H2,21,24). The SMILES string of the molecule is NC(=O)c1cn(Cc2cccc3ccccc23)c2ccc(O)cc12. The van der Waals surface area contributed by atoms with Crippen molar-refractivity contribution in [2.75, 3.05) is 0 Å². The summed E-state index contributed by atoms with van der Waals surface area (Å²) in [4.78, 5) is 11.7. The third kappa shape index (κ3) is 2.29. The van der Waals surface area contributed by atoms with Crippen LogP contribution in [-0.4, -0.2) is 15.6 Å². The first kappa shape index (κ1) is 14.3. The topological polar surface area (TPSA) is 68.2 Å². The van der Waals surface area contributed by atoms with Crippen LogP contribution in [0.5, 0.6) is 5.75 Å². The highest BCUT2D eigenvalue weighted by Gasteiger charge is 2.14. The Morgan fingerprint density at radius 1 is 1.00 bits per heavy atom. The molecule has 0 spiro atoms. The molecule has 0 saturated carbocycles. The molecule has 4 heteroatoms. The predicted molar refractivity (Wildman–Crippen MR) is 95.2 cm³/mol. The zero-order chi connectivity index (χ0) is 16.7. The molecule has 0 saturated heterocycles. The molecule has 1 aromatic heterocycles. The van der Waals surface area contributed by atoms with Gasteiger partial charge in [-0.05, 0) is 34.5 Å². The number of phenolic OH excluding ortho intramolecular Hbond substituents is 1. The van der Waals surface area contributed by atoms with Gasteiger partial charge >= 0.3 is 0 Å². The average Bonchev–Trinajstić information content (AvgIpc) is 2.93. The maximum Gasteiger partial charge on any atom is 0.250 e. The van der Waals surface area contributed by atoms with Crippen LogP contribution in [0, 0.1) is 0 Å². The fraction of sp³-hybridized carbons (Fsp3) is 0.0500. The number of phenols is 1. The number of hydrogen-bond donors (Lipinski definition) is 2. The summed E-state index contributed by atoms with van der Waals surface area (Å²) >= 11 is 0. The number of rotatable bonds is 3. The van der Waals surface area contributed by atoms with Crippen molar-refractivity contribution < 1.29 is 9.90 Å². The van der Waals surface area contributed by atoms with Crippen LogP contribution < -0.4 is 5.73 Å². The number of hydrogen-bond acceptors (Lipinski definition) is 2. The van der Waals surface area contributed by atoms with E-state index in [2.05, 4.69) is 24.3 Å². The Labute approximate surface area is 138 Å². The number of aromatic hydroxyl groups is 1. The van der Waals surface area contributed by atoms with Gasteiger partial charge in [-0.15, -0.1) is 0 Å². The molecule has 0 atom stereocenters. The van der Waals surface area contributed by atoms with Crippen LogP contribution in [0.4, 0.5) is 0 Å². The summed E-state index contributed by atoms with van der Waals surface area (Å²) < 4.78 is 2.00. The van der Waals surface area contributed by atoms with Gasteiger partial charge in [-0.3, -0.25) is 4.79 Å². The van der Waals surface area contributed by atoms with E-state index in [0.717, 1.165) is 11.1 Å². The molecular weight excluding hydrogens is 300 g/mol. The van der Waals surface area contributed by atoms with E-state index < -0.39 is 5.91 Å². The van der Waals surface area contributed by atoms with Crippen molar-refractivity contribution in [1.82, 2.24) is 4.57 Å². The van der Waals surface area contributed by atoms with Crippen LogP contribution in [0.1, 0.15) is 15.9 Å². The number of fused-ring (bicyclic) bond motifs is 2. The second-order valence-electron chi connectivity index (χ2n) is 5.87. The zero-order valence-corrected chi connectivity index (χ0v) is 12.9. The minimum absolute atomic E-state index is 0.118. The van der Waals surface area contributed by atoms with Crippen LogP contribution in [0.2, 0.25) is 0 Å². The van der Waals surface area contributed by atoms with Crippen molar-refractivity contribution in [3.05, 3.63) is 78.0 Å². The maximum atomic E-state index is 11.7. The quantitative estimate of drug-likeness (QED) is 0.606. The van der Waals surface area contributed by atoms with Crippen LogP contribution in [0.3, 0.4) is 0 Å². The van der Waals surface area contributed by atoms with Crippen molar-refractivity contribution in [2.24, 2.45) is 5.73 Å². The Kier molecular flexibility index (Phi) is 3.24. The molecule has 118 valence electrons. The first-order chi connectivity index (χ1) is 11.6. The average molecular weight is 316 g/mol. The Balaban J connectivity index is 1.89. The minimum Gasteiger partial charge on any atom is -0.508 e. The van der Waals surface area contributed by atoms with Crippen LogP contribution in [-0.2, 0) is 6.54 Å². The molecule has 0 aliphatic carbocycles. The lowest BCUT2D eigenvalue weighted by atomic mass is 10.0. The molecule has 3 N–H and O–H groups in total. The predicted octanol–water partition coefficient (Wildman–Crippen LogP) is 3.65. The number of nitrogens with zero attached hydrogens (tertiary/aromatic N) is 1. The number of nitrogens with two attached hydrogens (primary N) is 1. The summed E-state index contributed by atoms with van der Waals surface area (Å²) in [5.41, 5.74) is 7.94. The Bertz CT molecular complexity index is 1070. The normalized spacial score (nSPS) is 11.2. The summed E-state index contributed by atoms with van der Waals surface area (Å²) in [6.07, 6.45) is 1.76. The lowest BCUT2D eigenvalue weighted by molar-refractivity contribution is 0.100. The molecule has 24 heavy (non-hydrogen) atoms. The number of benzene rings is 3. The summed E-state index contributed by atoms with van der Waals surface area (Å²) in [7, 11) is 0. The summed E-state index contributed by atoms with van der Waals surface area (Å²) in [5.74, 6) is -0.379. The van der Waals surface area contributed by atoms with Crippen LogP contribution in [0.25, 0.3) is 21.7 Å². The van der Waals surface area contributed by atoms with E-state index in [1.54, 1.807) is 18.3 Å². The van der Waals surface area contributed by atoms with E-state index in [4.69, 9.17) is 5.73 Å². The van der Waals surface area contributed by atoms with Gasteiger partial charge in [0.2, 0.25) is 0 Å². The van der Waals surface area contributed by atoms with Gasteiger partial charge in [0, 0.05) is 23.6 Å². The molecule has 1 amide bonds. The second kappa shape index (κ2) is 5.42. The highest BCUT2D eigenvalue weighted by molar-refractivity contribution is 6.06. The number of aromatic nitrogens is 1. The summed E-state index contributed by atoms with van der Waals surface area (Å²) in [5, 5.41) is 12.7. The van der Waals surface area contributed by atoms with E-state index in [-0.39, 0.29) is 5.75 Å². The van der Waals surface area contributed by atoms with Crippen molar-refractivity contribution in [3.8, 4) is 5.75 Å². The summed E-state index contributed by atoms with van der Waals surface area (Å²) in [6.45, 7) is 0.621. The molecule has 0 radical (unpaired) electrons. The van der Waals surface area contributed by atoms with Crippen LogP contribution >= 0.6 is 0 Å². The molecule has 4 rings (SSSR count). The molecule has 4 nitrogen and oxygen atoms in total. The van der Waals surface area contributed by atoms with Gasteiger partial charge in [0.1, 0.15) is 5.75 Å². The number of amides is 1. The van der Waals surface area contributed by atoms with E-state index in [9.17, 15) is 9.90 Å². The molecule has 0 aliphatic rings. The largest absolute Gasteiger partial charge is 0.508 e. The van der Waals surface area contributed by atoms with Crippen molar-refractivity contribution in [2.45, 2.75) is 6.54 Å². The third-order valence-corrected chi connectivity index (χ3v) is 4.35. The molecule has 0 fully saturated rings. The molecular formula is C20H16N2O2. The van der Waals surface area contributed by atoms with E-state index >= 15 is 0 Å². The smallest absolute Gasteiger partial charge is 0.250 e. The van der Waals surface area contributed by atoms with Gasteiger partial charge in [-0.2, -0.15) is 0 Å². The Morgan fingerprint density at radius 2 is 1.79 bits per heavy atom.